The molecule has 6 heteroatoms. The fraction of sp³-hybridized carbons (Fsp3) is 0.880. The van der Waals surface area contributed by atoms with Crippen LogP contribution < -0.4 is 5.32 Å². The lowest BCUT2D eigenvalue weighted by molar-refractivity contribution is -0.143. The van der Waals surface area contributed by atoms with Crippen molar-refractivity contribution >= 4 is 11.9 Å². The second-order valence-electron chi connectivity index (χ2n) is 16.8. The molecule has 0 aliphatic heterocycles. The summed E-state index contributed by atoms with van der Waals surface area (Å²) in [5.41, 5.74) is 0. The van der Waals surface area contributed by atoms with Crippen LogP contribution in [0.15, 0.2) is 24.3 Å². The highest BCUT2D eigenvalue weighted by Gasteiger charge is 2.20. The first kappa shape index (κ1) is 54.3. The molecule has 0 spiro atoms. The lowest BCUT2D eigenvalue weighted by Gasteiger charge is -2.22. The highest BCUT2D eigenvalue weighted by Crippen LogP contribution is 2.15. The number of unbranched alkanes of at least 4 members (excludes halogenated alkanes) is 30. The first-order valence-electron chi connectivity index (χ1n) is 24.6. The Labute approximate surface area is 348 Å². The molecule has 0 saturated carbocycles. The van der Waals surface area contributed by atoms with Crippen molar-refractivity contribution in [3.63, 3.8) is 0 Å². The third-order valence-electron chi connectivity index (χ3n) is 11.3. The van der Waals surface area contributed by atoms with Gasteiger partial charge >= 0.3 is 5.97 Å². The zero-order valence-corrected chi connectivity index (χ0v) is 37.4. The Hall–Kier alpha value is -1.66. The zero-order chi connectivity index (χ0) is 40.8. The van der Waals surface area contributed by atoms with Crippen LogP contribution in [-0.2, 0) is 14.3 Å². The second-order valence-corrected chi connectivity index (χ2v) is 16.8. The van der Waals surface area contributed by atoms with Crippen molar-refractivity contribution in [3.8, 4) is 0 Å². The molecule has 0 bridgehead atoms. The van der Waals surface area contributed by atoms with Gasteiger partial charge < -0.3 is 20.3 Å². The SMILES string of the molecule is CCCCCC/C=C\C/C=C\CCCCCCCCCC(=O)OCCCCCCCCCCCCCCC(=O)NC(CO)C(O)CCCCCCCCCCC. The Bertz CT molecular complexity index is 874. The molecule has 0 rings (SSSR count). The van der Waals surface area contributed by atoms with Gasteiger partial charge in [0.1, 0.15) is 0 Å². The van der Waals surface area contributed by atoms with Crippen LogP contribution >= 0.6 is 0 Å². The van der Waals surface area contributed by atoms with E-state index in [0.29, 0.717) is 25.9 Å². The van der Waals surface area contributed by atoms with E-state index >= 15 is 0 Å². The number of esters is 1. The Kier molecular flexibility index (Phi) is 44.7. The van der Waals surface area contributed by atoms with Gasteiger partial charge in [0.15, 0.2) is 0 Å². The van der Waals surface area contributed by atoms with E-state index in [1.165, 1.54) is 161 Å². The quantitative estimate of drug-likeness (QED) is 0.0324. The zero-order valence-electron chi connectivity index (χ0n) is 37.4. The maximum absolute atomic E-state index is 12.4. The van der Waals surface area contributed by atoms with E-state index in [1.807, 2.05) is 0 Å². The predicted octanol–water partition coefficient (Wildman–Crippen LogP) is 14.3. The molecule has 2 atom stereocenters. The van der Waals surface area contributed by atoms with Crippen molar-refractivity contribution in [1.29, 1.82) is 0 Å². The number of amides is 1. The van der Waals surface area contributed by atoms with Gasteiger partial charge in [-0.3, -0.25) is 9.59 Å². The van der Waals surface area contributed by atoms with E-state index in [1.54, 1.807) is 0 Å². The van der Waals surface area contributed by atoms with Gasteiger partial charge in [-0.1, -0.05) is 212 Å². The predicted molar refractivity (Wildman–Crippen MR) is 241 cm³/mol. The summed E-state index contributed by atoms with van der Waals surface area (Å²) in [6, 6.07) is -0.551. The van der Waals surface area contributed by atoms with E-state index < -0.39 is 12.1 Å². The molecule has 1 amide bonds. The van der Waals surface area contributed by atoms with E-state index in [-0.39, 0.29) is 18.5 Å². The van der Waals surface area contributed by atoms with Crippen LogP contribution in [0.1, 0.15) is 258 Å². The van der Waals surface area contributed by atoms with Crippen LogP contribution in [0.5, 0.6) is 0 Å². The lowest BCUT2D eigenvalue weighted by atomic mass is 10.0. The number of aliphatic hydroxyl groups is 2. The number of hydrogen-bond acceptors (Lipinski definition) is 5. The molecule has 0 radical (unpaired) electrons. The summed E-state index contributed by atoms with van der Waals surface area (Å²) < 4.78 is 5.46. The third kappa shape index (κ3) is 42.0. The van der Waals surface area contributed by atoms with Gasteiger partial charge in [0.05, 0.1) is 25.4 Å². The smallest absolute Gasteiger partial charge is 0.305 e. The number of carbonyl (C=O) groups excluding carboxylic acids is 2. The van der Waals surface area contributed by atoms with Gasteiger partial charge in [-0.25, -0.2) is 0 Å². The molecule has 0 aliphatic rings. The molecule has 0 aromatic heterocycles. The average Bonchev–Trinajstić information content (AvgIpc) is 3.20. The monoisotopic (exact) mass is 790 g/mol. The summed E-state index contributed by atoms with van der Waals surface area (Å²) in [6.45, 7) is 4.87. The standard InChI is InChI=1S/C50H95NO5/c1-3-5-7-9-11-13-14-15-16-17-18-19-20-24-28-32-36-40-44-50(55)56-45-41-37-33-29-25-22-21-23-27-31-35-39-43-49(54)51-47(46-52)48(53)42-38-34-30-26-12-10-8-6-4-2/h13-14,16-17,47-48,52-53H,3-12,15,18-46H2,1-2H3,(H,51,54)/b14-13-,17-16-. The van der Waals surface area contributed by atoms with E-state index in [4.69, 9.17) is 4.74 Å². The molecule has 0 heterocycles. The third-order valence-corrected chi connectivity index (χ3v) is 11.3. The normalized spacial score (nSPS) is 12.9. The van der Waals surface area contributed by atoms with E-state index in [0.717, 1.165) is 64.2 Å². The summed E-state index contributed by atoms with van der Waals surface area (Å²) in [5.74, 6) is -0.0713. The molecule has 0 aromatic rings. The summed E-state index contributed by atoms with van der Waals surface area (Å²) >= 11 is 0. The van der Waals surface area contributed by atoms with E-state index in [2.05, 4.69) is 43.5 Å². The molecular formula is C50H95NO5. The molecule has 330 valence electrons. The first-order valence-corrected chi connectivity index (χ1v) is 24.6. The van der Waals surface area contributed by atoms with Crippen molar-refractivity contribution in [2.45, 2.75) is 270 Å². The number of rotatable bonds is 45. The van der Waals surface area contributed by atoms with Gasteiger partial charge in [-0.05, 0) is 57.8 Å². The summed E-state index contributed by atoms with van der Waals surface area (Å²) in [5, 5.41) is 23.0. The minimum atomic E-state index is -0.672. The molecule has 0 fully saturated rings. The molecule has 2 unspecified atom stereocenters. The Morgan fingerprint density at radius 1 is 0.500 bits per heavy atom. The van der Waals surface area contributed by atoms with Crippen molar-refractivity contribution in [3.05, 3.63) is 24.3 Å². The number of aliphatic hydroxyl groups excluding tert-OH is 2. The van der Waals surface area contributed by atoms with Gasteiger partial charge in [0.2, 0.25) is 5.91 Å². The number of carbonyl (C=O) groups is 2. The first-order chi connectivity index (χ1) is 27.5. The van der Waals surface area contributed by atoms with Crippen molar-refractivity contribution < 1.29 is 24.5 Å². The maximum Gasteiger partial charge on any atom is 0.305 e. The topological polar surface area (TPSA) is 95.9 Å². The lowest BCUT2D eigenvalue weighted by Crippen LogP contribution is -2.45. The molecule has 0 aromatic carbocycles. The van der Waals surface area contributed by atoms with Crippen LogP contribution in [0.3, 0.4) is 0 Å². The van der Waals surface area contributed by atoms with Crippen LogP contribution in [0.2, 0.25) is 0 Å². The Morgan fingerprint density at radius 3 is 1.38 bits per heavy atom. The van der Waals surface area contributed by atoms with Crippen molar-refractivity contribution in [2.75, 3.05) is 13.2 Å². The fourth-order valence-corrected chi connectivity index (χ4v) is 7.43. The molecular weight excluding hydrogens is 695 g/mol. The maximum atomic E-state index is 12.4. The van der Waals surface area contributed by atoms with Gasteiger partial charge in [0, 0.05) is 12.8 Å². The number of hydrogen-bond donors (Lipinski definition) is 3. The van der Waals surface area contributed by atoms with Gasteiger partial charge in [-0.15, -0.1) is 0 Å². The van der Waals surface area contributed by atoms with Crippen molar-refractivity contribution in [1.82, 2.24) is 5.32 Å². The number of nitrogens with one attached hydrogen (secondary N) is 1. The Morgan fingerprint density at radius 2 is 0.893 bits per heavy atom. The fourth-order valence-electron chi connectivity index (χ4n) is 7.43. The largest absolute Gasteiger partial charge is 0.466 e. The summed E-state index contributed by atoms with van der Waals surface area (Å²) in [7, 11) is 0. The van der Waals surface area contributed by atoms with Crippen LogP contribution in [0.25, 0.3) is 0 Å². The van der Waals surface area contributed by atoms with Crippen LogP contribution in [0, 0.1) is 0 Å². The summed E-state index contributed by atoms with van der Waals surface area (Å²) in [4.78, 5) is 24.4. The van der Waals surface area contributed by atoms with Gasteiger partial charge in [-0.2, -0.15) is 0 Å². The molecule has 3 N–H and O–H groups in total. The molecule has 0 aliphatic carbocycles. The van der Waals surface area contributed by atoms with Crippen molar-refractivity contribution in [2.24, 2.45) is 0 Å². The molecule has 56 heavy (non-hydrogen) atoms. The summed E-state index contributed by atoms with van der Waals surface area (Å²) in [6.07, 6.45) is 52.8. The molecule has 6 nitrogen and oxygen atoms in total. The highest BCUT2D eigenvalue weighted by atomic mass is 16.5. The number of allylic oxidation sites excluding steroid dienone is 4. The molecule has 0 saturated heterocycles. The van der Waals surface area contributed by atoms with E-state index in [9.17, 15) is 19.8 Å². The number of ether oxygens (including phenoxy) is 1. The van der Waals surface area contributed by atoms with Crippen LogP contribution in [-0.4, -0.2) is 47.4 Å². The Balaban J connectivity index is 3.43. The highest BCUT2D eigenvalue weighted by molar-refractivity contribution is 5.76. The second kappa shape index (κ2) is 46.0. The minimum absolute atomic E-state index is 0.0172. The van der Waals surface area contributed by atoms with Gasteiger partial charge in [0.25, 0.3) is 0 Å². The van der Waals surface area contributed by atoms with Crippen LogP contribution in [0.4, 0.5) is 0 Å². The average molecular weight is 790 g/mol. The minimum Gasteiger partial charge on any atom is -0.466 e.